The molecule has 0 bridgehead atoms. The lowest BCUT2D eigenvalue weighted by atomic mass is 9.94. The predicted octanol–water partition coefficient (Wildman–Crippen LogP) is 2.77. The SMILES string of the molecule is CCc1c(NC(=O)NC(CC)(CC)CO)cnn1CC(C)C. The summed E-state index contributed by atoms with van der Waals surface area (Å²) in [5.41, 5.74) is 1.19. The van der Waals surface area contributed by atoms with Crippen LogP contribution in [0.3, 0.4) is 0 Å². The van der Waals surface area contributed by atoms with Gasteiger partial charge >= 0.3 is 6.03 Å². The number of urea groups is 1. The van der Waals surface area contributed by atoms with Gasteiger partial charge in [-0.2, -0.15) is 5.10 Å². The summed E-state index contributed by atoms with van der Waals surface area (Å²) >= 11 is 0. The molecule has 0 saturated carbocycles. The van der Waals surface area contributed by atoms with Gasteiger partial charge in [0.2, 0.25) is 0 Å². The third-order valence-electron chi connectivity index (χ3n) is 4.10. The summed E-state index contributed by atoms with van der Waals surface area (Å²) in [5, 5.41) is 19.7. The number of nitrogens with one attached hydrogen (secondary N) is 2. The van der Waals surface area contributed by atoms with E-state index in [0.29, 0.717) is 18.8 Å². The zero-order valence-electron chi connectivity index (χ0n) is 14.4. The molecular formula is C16H30N4O2. The standard InChI is InChI=1S/C16H30N4O2/c1-6-14-13(9-17-20(14)10-12(4)5)18-15(22)19-16(7-2,8-3)11-21/h9,12,21H,6-8,10-11H2,1-5H3,(H2,18,19,22). The summed E-state index contributed by atoms with van der Waals surface area (Å²) < 4.78 is 1.94. The van der Waals surface area contributed by atoms with Gasteiger partial charge in [0.1, 0.15) is 0 Å². The molecule has 0 saturated heterocycles. The maximum Gasteiger partial charge on any atom is 0.319 e. The Bertz CT molecular complexity index is 470. The first-order valence-electron chi connectivity index (χ1n) is 8.16. The van der Waals surface area contributed by atoms with Crippen molar-refractivity contribution < 1.29 is 9.90 Å². The highest BCUT2D eigenvalue weighted by Crippen LogP contribution is 2.18. The Hall–Kier alpha value is -1.56. The van der Waals surface area contributed by atoms with Crippen molar-refractivity contribution in [1.29, 1.82) is 0 Å². The Kier molecular flexibility index (Phi) is 6.87. The quantitative estimate of drug-likeness (QED) is 0.691. The molecule has 0 aliphatic rings. The molecular weight excluding hydrogens is 280 g/mol. The summed E-state index contributed by atoms with van der Waals surface area (Å²) in [6, 6.07) is -0.295. The Labute approximate surface area is 133 Å². The monoisotopic (exact) mass is 310 g/mol. The van der Waals surface area contributed by atoms with Gasteiger partial charge in [0.15, 0.2) is 0 Å². The van der Waals surface area contributed by atoms with Crippen molar-refractivity contribution in [2.24, 2.45) is 5.92 Å². The number of nitrogens with zero attached hydrogens (tertiary/aromatic N) is 2. The first-order valence-corrected chi connectivity index (χ1v) is 8.16. The number of hydrogen-bond acceptors (Lipinski definition) is 3. The summed E-state index contributed by atoms with van der Waals surface area (Å²) in [5.74, 6) is 0.495. The summed E-state index contributed by atoms with van der Waals surface area (Å²) in [6.07, 6.45) is 3.86. The van der Waals surface area contributed by atoms with Gasteiger partial charge in [0.25, 0.3) is 0 Å². The Morgan fingerprint density at radius 3 is 2.45 bits per heavy atom. The van der Waals surface area contributed by atoms with E-state index in [-0.39, 0.29) is 12.6 Å². The van der Waals surface area contributed by atoms with Crippen molar-refractivity contribution in [3.05, 3.63) is 11.9 Å². The molecule has 0 unspecified atom stereocenters. The molecule has 0 aliphatic carbocycles. The second-order valence-electron chi connectivity index (χ2n) is 6.16. The van der Waals surface area contributed by atoms with E-state index >= 15 is 0 Å². The van der Waals surface area contributed by atoms with Crippen molar-refractivity contribution >= 4 is 11.7 Å². The maximum absolute atomic E-state index is 12.2. The van der Waals surface area contributed by atoms with Crippen LogP contribution in [0.4, 0.5) is 10.5 Å². The summed E-state index contributed by atoms with van der Waals surface area (Å²) in [4.78, 5) is 12.2. The van der Waals surface area contributed by atoms with Crippen LogP contribution >= 0.6 is 0 Å². The molecule has 1 aromatic heterocycles. The lowest BCUT2D eigenvalue weighted by Crippen LogP contribution is -2.52. The van der Waals surface area contributed by atoms with E-state index in [2.05, 4.69) is 29.6 Å². The predicted molar refractivity (Wildman–Crippen MR) is 89.0 cm³/mol. The van der Waals surface area contributed by atoms with Gasteiger partial charge in [-0.05, 0) is 25.2 Å². The Morgan fingerprint density at radius 2 is 2.00 bits per heavy atom. The van der Waals surface area contributed by atoms with E-state index in [1.54, 1.807) is 6.20 Å². The third kappa shape index (κ3) is 4.47. The van der Waals surface area contributed by atoms with Gasteiger partial charge < -0.3 is 15.7 Å². The highest BCUT2D eigenvalue weighted by molar-refractivity contribution is 5.90. The van der Waals surface area contributed by atoms with Crippen LogP contribution in [-0.4, -0.2) is 33.1 Å². The molecule has 0 fully saturated rings. The number of carbonyl (C=O) groups excluding carboxylic acids is 1. The molecule has 1 rings (SSSR count). The molecule has 6 heteroatoms. The molecule has 0 spiro atoms. The largest absolute Gasteiger partial charge is 0.394 e. The van der Waals surface area contributed by atoms with E-state index in [1.165, 1.54) is 0 Å². The normalized spacial score (nSPS) is 11.8. The number of carbonyl (C=O) groups is 1. The van der Waals surface area contributed by atoms with E-state index in [4.69, 9.17) is 0 Å². The molecule has 0 atom stereocenters. The highest BCUT2D eigenvalue weighted by atomic mass is 16.3. The van der Waals surface area contributed by atoms with Crippen LogP contribution in [0.25, 0.3) is 0 Å². The first-order chi connectivity index (χ1) is 10.4. The highest BCUT2D eigenvalue weighted by Gasteiger charge is 2.27. The van der Waals surface area contributed by atoms with Gasteiger partial charge in [0.05, 0.1) is 29.7 Å². The number of anilines is 1. The fraction of sp³-hybridized carbons (Fsp3) is 0.750. The van der Waals surface area contributed by atoms with Crippen molar-refractivity contribution in [2.75, 3.05) is 11.9 Å². The fourth-order valence-electron chi connectivity index (χ4n) is 2.48. The van der Waals surface area contributed by atoms with Gasteiger partial charge in [0, 0.05) is 6.54 Å². The topological polar surface area (TPSA) is 79.2 Å². The Morgan fingerprint density at radius 1 is 1.36 bits per heavy atom. The van der Waals surface area contributed by atoms with Gasteiger partial charge in [-0.25, -0.2) is 4.79 Å². The molecule has 0 aliphatic heterocycles. The van der Waals surface area contributed by atoms with Gasteiger partial charge in [-0.1, -0.05) is 34.6 Å². The summed E-state index contributed by atoms with van der Waals surface area (Å²) in [6.45, 7) is 11.0. The average Bonchev–Trinajstić information content (AvgIpc) is 2.85. The zero-order chi connectivity index (χ0) is 16.8. The lowest BCUT2D eigenvalue weighted by molar-refractivity contribution is 0.155. The number of aliphatic hydroxyl groups is 1. The van der Waals surface area contributed by atoms with Crippen molar-refractivity contribution in [3.63, 3.8) is 0 Å². The van der Waals surface area contributed by atoms with Gasteiger partial charge in [-0.3, -0.25) is 4.68 Å². The maximum atomic E-state index is 12.2. The number of rotatable bonds is 8. The third-order valence-corrected chi connectivity index (χ3v) is 4.10. The molecule has 1 aromatic rings. The molecule has 3 N–H and O–H groups in total. The van der Waals surface area contributed by atoms with Crippen molar-refractivity contribution in [2.45, 2.75) is 66.0 Å². The fourth-order valence-corrected chi connectivity index (χ4v) is 2.48. The van der Waals surface area contributed by atoms with E-state index in [9.17, 15) is 9.90 Å². The minimum atomic E-state index is -0.565. The van der Waals surface area contributed by atoms with Crippen LogP contribution < -0.4 is 10.6 Å². The molecule has 0 aromatic carbocycles. The second kappa shape index (κ2) is 8.17. The van der Waals surface area contributed by atoms with Crippen LogP contribution in [-0.2, 0) is 13.0 Å². The second-order valence-corrected chi connectivity index (χ2v) is 6.16. The zero-order valence-corrected chi connectivity index (χ0v) is 14.4. The number of aromatic nitrogens is 2. The minimum Gasteiger partial charge on any atom is -0.394 e. The lowest BCUT2D eigenvalue weighted by Gasteiger charge is -2.30. The number of hydrogen-bond donors (Lipinski definition) is 3. The molecule has 0 radical (unpaired) electrons. The number of amides is 2. The molecule has 1 heterocycles. The number of aliphatic hydroxyl groups excluding tert-OH is 1. The van der Waals surface area contributed by atoms with Crippen LogP contribution in [0, 0.1) is 5.92 Å². The van der Waals surface area contributed by atoms with E-state index < -0.39 is 5.54 Å². The molecule has 126 valence electrons. The van der Waals surface area contributed by atoms with Gasteiger partial charge in [-0.15, -0.1) is 0 Å². The van der Waals surface area contributed by atoms with Crippen molar-refractivity contribution in [3.8, 4) is 0 Å². The van der Waals surface area contributed by atoms with Crippen LogP contribution in [0.2, 0.25) is 0 Å². The first kappa shape index (κ1) is 18.5. The van der Waals surface area contributed by atoms with E-state index in [1.807, 2.05) is 25.5 Å². The smallest absolute Gasteiger partial charge is 0.319 e. The van der Waals surface area contributed by atoms with Crippen LogP contribution in [0.5, 0.6) is 0 Å². The van der Waals surface area contributed by atoms with Crippen LogP contribution in [0.15, 0.2) is 6.20 Å². The van der Waals surface area contributed by atoms with Crippen LogP contribution in [0.1, 0.15) is 53.2 Å². The van der Waals surface area contributed by atoms with E-state index in [0.717, 1.165) is 24.3 Å². The Balaban J connectivity index is 2.82. The summed E-state index contributed by atoms with van der Waals surface area (Å²) in [7, 11) is 0. The minimum absolute atomic E-state index is 0.0688. The molecule has 2 amide bonds. The molecule has 6 nitrogen and oxygen atoms in total. The van der Waals surface area contributed by atoms with Crippen molar-refractivity contribution in [1.82, 2.24) is 15.1 Å². The molecule has 22 heavy (non-hydrogen) atoms. The average molecular weight is 310 g/mol.